The molecule has 0 radical (unpaired) electrons. The topological polar surface area (TPSA) is 85.9 Å². The molecule has 0 saturated carbocycles. The van der Waals surface area contributed by atoms with Crippen LogP contribution >= 0.6 is 0 Å². The van der Waals surface area contributed by atoms with Crippen LogP contribution in [0, 0.1) is 0 Å². The van der Waals surface area contributed by atoms with Crippen molar-refractivity contribution < 1.29 is 19.1 Å². The number of hydrogen-bond donors (Lipinski definition) is 0. The molecule has 1 aromatic heterocycles. The summed E-state index contributed by atoms with van der Waals surface area (Å²) in [6, 6.07) is 18.6. The number of carboxylic acid groups (broad SMARTS) is 1. The quantitative estimate of drug-likeness (QED) is 0.671. The Hall–Kier alpha value is -3.93. The minimum atomic E-state index is -1.27. The highest BCUT2D eigenvalue weighted by atomic mass is 16.4. The van der Waals surface area contributed by atoms with E-state index in [-0.39, 0.29) is 17.2 Å². The van der Waals surface area contributed by atoms with E-state index in [1.165, 1.54) is 23.3 Å². The maximum Gasteiger partial charge on any atom is 0.282 e. The molecular formula is C21H13N2O4-. The van der Waals surface area contributed by atoms with Gasteiger partial charge in [-0.05, 0) is 29.8 Å². The van der Waals surface area contributed by atoms with Crippen molar-refractivity contribution in [2.24, 2.45) is 4.99 Å². The Morgan fingerprint density at radius 3 is 2.37 bits per heavy atom. The number of nitrogens with zero attached hydrogens (tertiary/aromatic N) is 2. The Labute approximate surface area is 154 Å². The van der Waals surface area contributed by atoms with Crippen LogP contribution in [0.4, 0.5) is 5.69 Å². The number of hydrogen-bond acceptors (Lipinski definition) is 5. The van der Waals surface area contributed by atoms with E-state index in [2.05, 4.69) is 4.99 Å². The smallest absolute Gasteiger partial charge is 0.282 e. The highest BCUT2D eigenvalue weighted by molar-refractivity contribution is 6.33. The lowest BCUT2D eigenvalue weighted by Gasteiger charge is -2.19. The molecule has 1 aliphatic rings. The number of rotatable bonds is 4. The number of anilines is 1. The van der Waals surface area contributed by atoms with Gasteiger partial charge in [-0.2, -0.15) is 0 Å². The maximum atomic E-state index is 13.0. The molecule has 0 N–H and O–H groups in total. The van der Waals surface area contributed by atoms with Crippen molar-refractivity contribution in [2.75, 3.05) is 4.90 Å². The van der Waals surface area contributed by atoms with Gasteiger partial charge in [0, 0.05) is 11.6 Å². The van der Waals surface area contributed by atoms with Crippen LogP contribution in [0.25, 0.3) is 6.08 Å². The lowest BCUT2D eigenvalue weighted by atomic mass is 10.1. The summed E-state index contributed by atoms with van der Waals surface area (Å²) < 4.78 is 5.28. The predicted molar refractivity (Wildman–Crippen MR) is 97.9 cm³/mol. The van der Waals surface area contributed by atoms with Crippen molar-refractivity contribution in [3.63, 3.8) is 0 Å². The maximum absolute atomic E-state index is 13.0. The molecule has 132 valence electrons. The Morgan fingerprint density at radius 1 is 1.00 bits per heavy atom. The molecule has 0 unspecified atom stereocenters. The zero-order chi connectivity index (χ0) is 18.8. The lowest BCUT2D eigenvalue weighted by molar-refractivity contribution is -0.255. The highest BCUT2D eigenvalue weighted by Crippen LogP contribution is 2.28. The van der Waals surface area contributed by atoms with Crippen LogP contribution in [0.15, 0.2) is 88.1 Å². The number of benzene rings is 2. The summed E-state index contributed by atoms with van der Waals surface area (Å²) >= 11 is 0. The number of carboxylic acids is 1. The van der Waals surface area contributed by atoms with E-state index >= 15 is 0 Å². The van der Waals surface area contributed by atoms with Crippen molar-refractivity contribution in [3.8, 4) is 0 Å². The number of amidine groups is 1. The fraction of sp³-hybridized carbons (Fsp3) is 0. The molecule has 1 amide bonds. The van der Waals surface area contributed by atoms with Gasteiger partial charge in [0.2, 0.25) is 0 Å². The lowest BCUT2D eigenvalue weighted by Crippen LogP contribution is -2.32. The molecule has 0 saturated heterocycles. The first-order chi connectivity index (χ1) is 13.1. The van der Waals surface area contributed by atoms with Gasteiger partial charge >= 0.3 is 0 Å². The molecule has 1 aliphatic heterocycles. The molecule has 0 atom stereocenters. The zero-order valence-electron chi connectivity index (χ0n) is 14.0. The summed E-state index contributed by atoms with van der Waals surface area (Å²) in [6.45, 7) is 0. The largest absolute Gasteiger partial charge is 0.545 e. The van der Waals surface area contributed by atoms with E-state index in [4.69, 9.17) is 4.42 Å². The van der Waals surface area contributed by atoms with Crippen LogP contribution in [0.3, 0.4) is 0 Å². The molecule has 0 bridgehead atoms. The first-order valence-electron chi connectivity index (χ1n) is 8.18. The summed E-state index contributed by atoms with van der Waals surface area (Å²) in [5.74, 6) is -0.626. The first kappa shape index (κ1) is 16.5. The summed E-state index contributed by atoms with van der Waals surface area (Å²) in [7, 11) is 0. The molecular weight excluding hydrogens is 344 g/mol. The highest BCUT2D eigenvalue weighted by Gasteiger charge is 2.32. The van der Waals surface area contributed by atoms with E-state index in [9.17, 15) is 14.7 Å². The van der Waals surface area contributed by atoms with Crippen LogP contribution in [0.1, 0.15) is 21.7 Å². The van der Waals surface area contributed by atoms with Gasteiger partial charge in [0.05, 0.1) is 17.9 Å². The third-order valence-corrected chi connectivity index (χ3v) is 4.08. The van der Waals surface area contributed by atoms with Gasteiger partial charge in [-0.3, -0.25) is 9.69 Å². The Morgan fingerprint density at radius 2 is 1.74 bits per heavy atom. The van der Waals surface area contributed by atoms with E-state index in [1.54, 1.807) is 30.3 Å². The van der Waals surface area contributed by atoms with Gasteiger partial charge in [0.1, 0.15) is 17.3 Å². The van der Waals surface area contributed by atoms with Gasteiger partial charge < -0.3 is 14.3 Å². The predicted octanol–water partition coefficient (Wildman–Crippen LogP) is 2.48. The van der Waals surface area contributed by atoms with Crippen LogP contribution in [-0.4, -0.2) is 17.7 Å². The summed E-state index contributed by atoms with van der Waals surface area (Å²) in [4.78, 5) is 29.9. The third-order valence-electron chi connectivity index (χ3n) is 4.08. The van der Waals surface area contributed by atoms with E-state index in [1.807, 2.05) is 30.3 Å². The Bertz CT molecular complexity index is 1050. The number of furan rings is 1. The van der Waals surface area contributed by atoms with Crippen LogP contribution < -0.4 is 10.0 Å². The van der Waals surface area contributed by atoms with Crippen molar-refractivity contribution in [1.82, 2.24) is 0 Å². The summed E-state index contributed by atoms with van der Waals surface area (Å²) in [5.41, 5.74) is 1.54. The average Bonchev–Trinajstić information content (AvgIpc) is 3.31. The first-order valence-corrected chi connectivity index (χ1v) is 8.18. The van der Waals surface area contributed by atoms with Gasteiger partial charge in [-0.25, -0.2) is 4.99 Å². The molecule has 0 aliphatic carbocycles. The molecule has 6 nitrogen and oxygen atoms in total. The van der Waals surface area contributed by atoms with Gasteiger partial charge in [0.25, 0.3) is 5.91 Å². The minimum absolute atomic E-state index is 0.0370. The number of carbonyl (C=O) groups is 2. The second kappa shape index (κ2) is 6.76. The van der Waals surface area contributed by atoms with Crippen LogP contribution in [-0.2, 0) is 4.79 Å². The Balaban J connectivity index is 1.80. The molecule has 0 fully saturated rings. The third kappa shape index (κ3) is 3.16. The van der Waals surface area contributed by atoms with Gasteiger partial charge in [0.15, 0.2) is 0 Å². The zero-order valence-corrected chi connectivity index (χ0v) is 14.0. The minimum Gasteiger partial charge on any atom is -0.545 e. The Kier molecular flexibility index (Phi) is 4.14. The fourth-order valence-corrected chi connectivity index (χ4v) is 2.79. The standard InChI is InChI=1S/C21H14N2O4/c24-20-18(13-17-7-4-12-27-17)22-19(14-5-2-1-3-6-14)23(20)16-10-8-15(9-11-16)21(25)26/h1-13H,(H,25,26)/p-1/b18-13+. The molecule has 3 aromatic rings. The number of aromatic carboxylic acids is 1. The van der Waals surface area contributed by atoms with E-state index in [0.717, 1.165) is 5.56 Å². The fourth-order valence-electron chi connectivity index (χ4n) is 2.79. The molecule has 27 heavy (non-hydrogen) atoms. The number of aliphatic imine (C=N–C) groups is 1. The molecule has 0 spiro atoms. The summed E-state index contributed by atoms with van der Waals surface area (Å²) in [5, 5.41) is 11.0. The summed E-state index contributed by atoms with van der Waals surface area (Å²) in [6.07, 6.45) is 3.09. The molecule has 2 aromatic carbocycles. The van der Waals surface area contributed by atoms with E-state index < -0.39 is 5.97 Å². The monoisotopic (exact) mass is 357 g/mol. The SMILES string of the molecule is O=C([O-])c1ccc(N2C(=O)/C(=C\c3ccco3)N=C2c2ccccc2)cc1. The average molecular weight is 357 g/mol. The molecule has 6 heteroatoms. The van der Waals surface area contributed by atoms with Crippen LogP contribution in [0.2, 0.25) is 0 Å². The van der Waals surface area contributed by atoms with Crippen molar-refractivity contribution in [3.05, 3.63) is 95.6 Å². The second-order valence-corrected chi connectivity index (χ2v) is 5.82. The van der Waals surface area contributed by atoms with E-state index in [0.29, 0.717) is 17.3 Å². The number of amides is 1. The van der Waals surface area contributed by atoms with Gasteiger partial charge in [-0.15, -0.1) is 0 Å². The van der Waals surface area contributed by atoms with Crippen molar-refractivity contribution in [1.29, 1.82) is 0 Å². The van der Waals surface area contributed by atoms with Crippen molar-refractivity contribution in [2.45, 2.75) is 0 Å². The van der Waals surface area contributed by atoms with Gasteiger partial charge in [-0.1, -0.05) is 42.5 Å². The molecule has 2 heterocycles. The van der Waals surface area contributed by atoms with Crippen molar-refractivity contribution >= 4 is 29.5 Å². The second-order valence-electron chi connectivity index (χ2n) is 5.82. The normalized spacial score (nSPS) is 15.3. The molecule has 4 rings (SSSR count). The number of carbonyl (C=O) groups excluding carboxylic acids is 2. The van der Waals surface area contributed by atoms with Crippen LogP contribution in [0.5, 0.6) is 0 Å².